The van der Waals surface area contributed by atoms with Crippen molar-refractivity contribution in [3.05, 3.63) is 223 Å². The van der Waals surface area contributed by atoms with Gasteiger partial charge in [-0.2, -0.15) is 0 Å². The topological polar surface area (TPSA) is 12.9 Å². The zero-order valence-electron chi connectivity index (χ0n) is 36.8. The molecule has 0 radical (unpaired) electrons. The van der Waals surface area contributed by atoms with Crippen LogP contribution in [0.1, 0.15) is 116 Å². The molecule has 1 heterocycles. The van der Waals surface area contributed by atoms with Crippen molar-refractivity contribution in [2.24, 2.45) is 5.92 Å². The van der Waals surface area contributed by atoms with E-state index >= 15 is 0 Å². The van der Waals surface area contributed by atoms with Crippen molar-refractivity contribution in [1.29, 1.82) is 0 Å². The highest BCUT2D eigenvalue weighted by molar-refractivity contribution is 5.82. The van der Waals surface area contributed by atoms with Crippen LogP contribution in [0.15, 0.2) is 200 Å². The minimum Gasteiger partial charge on any atom is -0.265 e. The molecule has 7 aromatic rings. The summed E-state index contributed by atoms with van der Waals surface area (Å²) < 4.78 is 0. The highest BCUT2D eigenvalue weighted by atomic mass is 14.6. The van der Waals surface area contributed by atoms with Crippen molar-refractivity contribution >= 4 is 10.8 Å². The van der Waals surface area contributed by atoms with E-state index in [1.807, 2.05) is 68.4 Å². The van der Waals surface area contributed by atoms with Gasteiger partial charge in [0.2, 0.25) is 0 Å². The summed E-state index contributed by atoms with van der Waals surface area (Å²) in [5.41, 5.74) is 5.56. The monoisotopic (exact) mass is 748 g/mol. The molecule has 1 nitrogen and oxygen atoms in total. The van der Waals surface area contributed by atoms with Crippen LogP contribution in [0.5, 0.6) is 0 Å². The Labute approximate surface area is 343 Å². The molecule has 0 fully saturated rings. The second-order valence-electron chi connectivity index (χ2n) is 14.5. The molecule has 6 aromatic carbocycles. The number of rotatable bonds is 3. The quantitative estimate of drug-likeness (QED) is 0.175. The number of aromatic nitrogens is 1. The average Bonchev–Trinajstić information content (AvgIpc) is 3.24. The highest BCUT2D eigenvalue weighted by Crippen LogP contribution is 2.14. The van der Waals surface area contributed by atoms with Crippen LogP contribution in [-0.2, 0) is 0 Å². The van der Waals surface area contributed by atoms with E-state index in [1.165, 1.54) is 33.0 Å². The minimum atomic E-state index is 0.659. The maximum atomic E-state index is 3.78. The highest BCUT2D eigenvalue weighted by Gasteiger charge is 1.95. The maximum absolute atomic E-state index is 3.78. The zero-order chi connectivity index (χ0) is 41.8. The van der Waals surface area contributed by atoms with E-state index < -0.39 is 0 Å². The number of benzene rings is 6. The van der Waals surface area contributed by atoms with Crippen molar-refractivity contribution < 1.29 is 0 Å². The first kappa shape index (κ1) is 50.7. The molecule has 0 aliphatic carbocycles. The molecule has 0 spiro atoms. The number of fused-ring (bicyclic) bond motifs is 1. The number of hydrogen-bond acceptors (Lipinski definition) is 1. The van der Waals surface area contributed by atoms with Gasteiger partial charge in [0.05, 0.1) is 0 Å². The third-order valence-electron chi connectivity index (χ3n) is 7.56. The van der Waals surface area contributed by atoms with Gasteiger partial charge in [-0.05, 0) is 70.2 Å². The Kier molecular flexibility index (Phi) is 31.0. The molecular formula is C55H73N. The van der Waals surface area contributed by atoms with Crippen molar-refractivity contribution in [2.45, 2.75) is 101 Å². The van der Waals surface area contributed by atoms with Gasteiger partial charge in [0.25, 0.3) is 0 Å². The van der Waals surface area contributed by atoms with E-state index in [9.17, 15) is 0 Å². The summed E-state index contributed by atoms with van der Waals surface area (Å²) in [5, 5.41) is 2.62. The van der Waals surface area contributed by atoms with E-state index in [0.717, 1.165) is 5.92 Å². The lowest BCUT2D eigenvalue weighted by Gasteiger charge is -2.01. The van der Waals surface area contributed by atoms with Crippen LogP contribution in [0.3, 0.4) is 0 Å². The van der Waals surface area contributed by atoms with Crippen molar-refractivity contribution in [3.63, 3.8) is 0 Å². The van der Waals surface area contributed by atoms with Gasteiger partial charge in [-0.1, -0.05) is 258 Å². The van der Waals surface area contributed by atoms with Gasteiger partial charge in [0, 0.05) is 12.4 Å². The molecule has 0 bridgehead atoms. The average molecular weight is 748 g/mol. The zero-order valence-corrected chi connectivity index (χ0v) is 36.8. The number of nitrogens with zero attached hydrogens (tertiary/aromatic N) is 1. The largest absolute Gasteiger partial charge is 0.265 e. The van der Waals surface area contributed by atoms with Crippen LogP contribution in [0.4, 0.5) is 0 Å². The minimum absolute atomic E-state index is 0.659. The summed E-state index contributed by atoms with van der Waals surface area (Å²) in [4.78, 5) is 3.78. The van der Waals surface area contributed by atoms with E-state index in [1.54, 1.807) is 12.4 Å². The van der Waals surface area contributed by atoms with Crippen LogP contribution in [0, 0.1) is 12.8 Å². The SMILES string of the molecule is CC.CC(C)C.CC(C)c1ccccc1.CC(C)c1ccccc1.CC(C)c1ccccc1.Cc1ccccc1.c1ccc2ccccc2c1.c1ccncc1. The Bertz CT molecular complexity index is 1600. The third-order valence-corrected chi connectivity index (χ3v) is 7.56. The first-order valence-electron chi connectivity index (χ1n) is 20.5. The fourth-order valence-electron chi connectivity index (χ4n) is 4.49. The number of pyridine rings is 1. The molecule has 7 rings (SSSR count). The number of hydrogen-bond donors (Lipinski definition) is 0. The van der Waals surface area contributed by atoms with Crippen molar-refractivity contribution in [1.82, 2.24) is 4.98 Å². The molecular weight excluding hydrogens is 675 g/mol. The second-order valence-corrected chi connectivity index (χ2v) is 14.5. The Balaban J connectivity index is 0.000000634. The first-order chi connectivity index (χ1) is 27.0. The van der Waals surface area contributed by atoms with Gasteiger partial charge in [0.1, 0.15) is 0 Å². The van der Waals surface area contributed by atoms with Gasteiger partial charge in [-0.25, -0.2) is 0 Å². The molecule has 0 amide bonds. The Hall–Kier alpha value is -5.27. The van der Waals surface area contributed by atoms with E-state index in [4.69, 9.17) is 0 Å². The van der Waals surface area contributed by atoms with Gasteiger partial charge in [0.15, 0.2) is 0 Å². The molecule has 1 aromatic heterocycles. The third kappa shape index (κ3) is 28.2. The molecule has 0 aliphatic rings. The van der Waals surface area contributed by atoms with E-state index in [2.05, 4.69) is 208 Å². The molecule has 0 atom stereocenters. The van der Waals surface area contributed by atoms with Crippen LogP contribution in [0.25, 0.3) is 10.8 Å². The molecule has 56 heavy (non-hydrogen) atoms. The summed E-state index contributed by atoms with van der Waals surface area (Å²) in [6.07, 6.45) is 3.50. The van der Waals surface area contributed by atoms with Gasteiger partial charge in [-0.15, -0.1) is 0 Å². The maximum Gasteiger partial charge on any atom is 0.0267 e. The van der Waals surface area contributed by atoms with E-state index in [0.29, 0.717) is 17.8 Å². The van der Waals surface area contributed by atoms with Crippen molar-refractivity contribution in [2.75, 3.05) is 0 Å². The van der Waals surface area contributed by atoms with Gasteiger partial charge < -0.3 is 0 Å². The predicted molar refractivity (Wildman–Crippen MR) is 253 cm³/mol. The van der Waals surface area contributed by atoms with Crippen LogP contribution in [0.2, 0.25) is 0 Å². The van der Waals surface area contributed by atoms with Crippen LogP contribution in [-0.4, -0.2) is 4.98 Å². The molecule has 0 saturated heterocycles. The standard InChI is InChI=1S/C10H8.3C9H12.C7H8.C5H5N.C4H10.C2H6/c1-2-6-10-8-4-3-7-9(10)5-1;3*1-8(2)9-6-4-3-5-7-9;1-7-5-3-2-4-6-7;1-2-4-6-5-3-1;1-4(2)3;1-2/h1-8H;3*3-8H,1-2H3;2-6H,1H3;1-5H;4H,1-3H3;1-2H3. The lowest BCUT2D eigenvalue weighted by Crippen LogP contribution is -1.83. The molecule has 1 heteroatoms. The Morgan fingerprint density at radius 2 is 0.518 bits per heavy atom. The Morgan fingerprint density at radius 1 is 0.304 bits per heavy atom. The summed E-state index contributed by atoms with van der Waals surface area (Å²) in [5.74, 6) is 2.81. The summed E-state index contributed by atoms with van der Waals surface area (Å²) in [6.45, 7) is 25.8. The van der Waals surface area contributed by atoms with Gasteiger partial charge in [-0.3, -0.25) is 4.98 Å². The van der Waals surface area contributed by atoms with E-state index in [-0.39, 0.29) is 0 Å². The van der Waals surface area contributed by atoms with Gasteiger partial charge >= 0.3 is 0 Å². The van der Waals surface area contributed by atoms with Crippen LogP contribution >= 0.6 is 0 Å². The fraction of sp³-hybridized carbons (Fsp3) is 0.291. The van der Waals surface area contributed by atoms with Crippen LogP contribution < -0.4 is 0 Å². The smallest absolute Gasteiger partial charge is 0.0267 e. The number of aryl methyl sites for hydroxylation is 1. The Morgan fingerprint density at radius 3 is 0.661 bits per heavy atom. The van der Waals surface area contributed by atoms with Crippen molar-refractivity contribution in [3.8, 4) is 0 Å². The molecule has 0 saturated carbocycles. The summed E-state index contributed by atoms with van der Waals surface area (Å²) >= 11 is 0. The molecule has 0 unspecified atom stereocenters. The predicted octanol–water partition coefficient (Wildman–Crippen LogP) is 17.0. The second kappa shape index (κ2) is 34.2. The lowest BCUT2D eigenvalue weighted by atomic mass is 10.0. The normalized spacial score (nSPS) is 9.36. The fourth-order valence-corrected chi connectivity index (χ4v) is 4.49. The molecule has 0 N–H and O–H groups in total. The first-order valence-corrected chi connectivity index (χ1v) is 20.5. The summed E-state index contributed by atoms with van der Waals surface area (Å²) in [6, 6.07) is 64.2. The molecule has 298 valence electrons. The lowest BCUT2D eigenvalue weighted by molar-refractivity contribution is 0.737. The molecule has 0 aliphatic heterocycles. The summed E-state index contributed by atoms with van der Waals surface area (Å²) in [7, 11) is 0.